The molecular formula is C13H18N2O. The molecule has 0 saturated heterocycles. The van der Waals surface area contributed by atoms with Crippen LogP contribution in [0.3, 0.4) is 0 Å². The molecule has 0 aromatic heterocycles. The Bertz CT molecular complexity index is 399. The first-order chi connectivity index (χ1) is 7.66. The van der Waals surface area contributed by atoms with Gasteiger partial charge in [0.05, 0.1) is 12.6 Å². The highest BCUT2D eigenvalue weighted by Gasteiger charge is 2.14. The molecule has 0 fully saturated rings. The molecule has 1 aromatic rings. The number of likely N-dealkylation sites (N-methyl/N-ethyl adjacent to an activating group) is 1. The molecule has 1 aliphatic rings. The van der Waals surface area contributed by atoms with Crippen LogP contribution in [0.4, 0.5) is 0 Å². The third-order valence-corrected chi connectivity index (χ3v) is 2.52. The van der Waals surface area contributed by atoms with Crippen LogP contribution < -0.4 is 4.74 Å². The van der Waals surface area contributed by atoms with Gasteiger partial charge in [0.2, 0.25) is 0 Å². The van der Waals surface area contributed by atoms with Gasteiger partial charge in [-0.2, -0.15) is 0 Å². The molecule has 86 valence electrons. The van der Waals surface area contributed by atoms with E-state index in [2.05, 4.69) is 29.1 Å². The summed E-state index contributed by atoms with van der Waals surface area (Å²) in [5, 5.41) is 0. The molecular weight excluding hydrogens is 200 g/mol. The van der Waals surface area contributed by atoms with Crippen LogP contribution in [0, 0.1) is 0 Å². The van der Waals surface area contributed by atoms with Crippen LogP contribution in [0.5, 0.6) is 5.75 Å². The van der Waals surface area contributed by atoms with Gasteiger partial charge in [-0.15, -0.1) is 0 Å². The van der Waals surface area contributed by atoms with E-state index in [1.807, 2.05) is 26.0 Å². The molecule has 0 spiro atoms. The normalized spacial score (nSPS) is 15.5. The molecule has 1 aliphatic heterocycles. The van der Waals surface area contributed by atoms with Gasteiger partial charge < -0.3 is 9.64 Å². The van der Waals surface area contributed by atoms with Crippen LogP contribution in [-0.4, -0.2) is 37.0 Å². The Morgan fingerprint density at radius 2 is 2.19 bits per heavy atom. The number of benzene rings is 1. The van der Waals surface area contributed by atoms with Gasteiger partial charge in [0, 0.05) is 19.2 Å². The number of nitrogens with zero attached hydrogens (tertiary/aromatic N) is 2. The monoisotopic (exact) mass is 218 g/mol. The predicted octanol–water partition coefficient (Wildman–Crippen LogP) is 2.17. The quantitative estimate of drug-likeness (QED) is 0.776. The lowest BCUT2D eigenvalue weighted by Gasteiger charge is -2.15. The van der Waals surface area contributed by atoms with Gasteiger partial charge in [0.1, 0.15) is 11.6 Å². The summed E-state index contributed by atoms with van der Waals surface area (Å²) in [5.41, 5.74) is 1.14. The summed E-state index contributed by atoms with van der Waals surface area (Å²) in [6.07, 6.45) is 0.207. The summed E-state index contributed by atoms with van der Waals surface area (Å²) in [7, 11) is 2.07. The van der Waals surface area contributed by atoms with Gasteiger partial charge in [-0.3, -0.25) is 4.99 Å². The summed E-state index contributed by atoms with van der Waals surface area (Å²) in [5.74, 6) is 1.98. The SMILES string of the molecule is CC(C)Oc1cccc(C2=NCCN2C)c1. The van der Waals surface area contributed by atoms with E-state index in [1.165, 1.54) is 0 Å². The fourth-order valence-electron chi connectivity index (χ4n) is 1.82. The maximum Gasteiger partial charge on any atom is 0.130 e. The Morgan fingerprint density at radius 3 is 2.81 bits per heavy atom. The van der Waals surface area contributed by atoms with Gasteiger partial charge in [0.25, 0.3) is 0 Å². The molecule has 0 saturated carbocycles. The van der Waals surface area contributed by atoms with Gasteiger partial charge in [0.15, 0.2) is 0 Å². The van der Waals surface area contributed by atoms with E-state index in [-0.39, 0.29) is 6.10 Å². The van der Waals surface area contributed by atoms with Gasteiger partial charge in [-0.1, -0.05) is 12.1 Å². The maximum absolute atomic E-state index is 5.68. The van der Waals surface area contributed by atoms with Crippen molar-refractivity contribution in [1.82, 2.24) is 4.90 Å². The highest BCUT2D eigenvalue weighted by atomic mass is 16.5. The Hall–Kier alpha value is -1.51. The summed E-state index contributed by atoms with van der Waals surface area (Å²) in [6.45, 7) is 5.96. The van der Waals surface area contributed by atoms with Gasteiger partial charge in [-0.25, -0.2) is 0 Å². The van der Waals surface area contributed by atoms with Crippen molar-refractivity contribution in [2.45, 2.75) is 20.0 Å². The number of amidine groups is 1. The molecule has 3 heteroatoms. The average molecular weight is 218 g/mol. The fourth-order valence-corrected chi connectivity index (χ4v) is 1.82. The van der Waals surface area contributed by atoms with Crippen LogP contribution in [0.25, 0.3) is 0 Å². The molecule has 16 heavy (non-hydrogen) atoms. The van der Waals surface area contributed by atoms with E-state index in [0.29, 0.717) is 0 Å². The van der Waals surface area contributed by atoms with E-state index < -0.39 is 0 Å². The Labute approximate surface area is 96.7 Å². The summed E-state index contributed by atoms with van der Waals surface area (Å²) in [4.78, 5) is 6.67. The maximum atomic E-state index is 5.68. The minimum absolute atomic E-state index is 0.207. The molecule has 1 aromatic carbocycles. The van der Waals surface area contributed by atoms with E-state index in [4.69, 9.17) is 4.74 Å². The molecule has 0 atom stereocenters. The Kier molecular flexibility index (Phi) is 3.13. The second-order valence-corrected chi connectivity index (χ2v) is 4.32. The van der Waals surface area contributed by atoms with Crippen molar-refractivity contribution in [3.05, 3.63) is 29.8 Å². The smallest absolute Gasteiger partial charge is 0.130 e. The highest BCUT2D eigenvalue weighted by molar-refractivity contribution is 5.99. The third-order valence-electron chi connectivity index (χ3n) is 2.52. The minimum atomic E-state index is 0.207. The highest BCUT2D eigenvalue weighted by Crippen LogP contribution is 2.17. The van der Waals surface area contributed by atoms with Gasteiger partial charge in [-0.05, 0) is 26.0 Å². The van der Waals surface area contributed by atoms with Crippen LogP contribution in [-0.2, 0) is 0 Å². The molecule has 0 aliphatic carbocycles. The molecule has 0 unspecified atom stereocenters. The lowest BCUT2D eigenvalue weighted by Crippen LogP contribution is -2.23. The zero-order chi connectivity index (χ0) is 11.5. The van der Waals surface area contributed by atoms with Crippen LogP contribution in [0.15, 0.2) is 29.3 Å². The standard InChI is InChI=1S/C13H18N2O/c1-10(2)16-12-6-4-5-11(9-12)13-14-7-8-15(13)3/h4-6,9-10H,7-8H2,1-3H3. The number of hydrogen-bond donors (Lipinski definition) is 0. The largest absolute Gasteiger partial charge is 0.491 e. The van der Waals surface area contributed by atoms with E-state index in [0.717, 1.165) is 30.2 Å². The second kappa shape index (κ2) is 4.56. The Balaban J connectivity index is 2.22. The van der Waals surface area contributed by atoms with E-state index in [9.17, 15) is 0 Å². The van der Waals surface area contributed by atoms with E-state index in [1.54, 1.807) is 0 Å². The lowest BCUT2D eigenvalue weighted by atomic mass is 10.2. The molecule has 2 rings (SSSR count). The molecule has 0 amide bonds. The predicted molar refractivity (Wildman–Crippen MR) is 66.2 cm³/mol. The molecule has 0 N–H and O–H groups in total. The first-order valence-electron chi connectivity index (χ1n) is 5.69. The van der Waals surface area contributed by atoms with Crippen molar-refractivity contribution >= 4 is 5.84 Å². The van der Waals surface area contributed by atoms with Crippen LogP contribution in [0.1, 0.15) is 19.4 Å². The van der Waals surface area contributed by atoms with Crippen molar-refractivity contribution in [1.29, 1.82) is 0 Å². The fraction of sp³-hybridized carbons (Fsp3) is 0.462. The zero-order valence-electron chi connectivity index (χ0n) is 10.1. The van der Waals surface area contributed by atoms with Gasteiger partial charge >= 0.3 is 0 Å². The lowest BCUT2D eigenvalue weighted by molar-refractivity contribution is 0.242. The van der Waals surface area contributed by atoms with Crippen molar-refractivity contribution < 1.29 is 4.74 Å². The number of rotatable bonds is 3. The molecule has 0 bridgehead atoms. The number of aliphatic imine (C=N–C) groups is 1. The molecule has 1 heterocycles. The third kappa shape index (κ3) is 2.35. The second-order valence-electron chi connectivity index (χ2n) is 4.32. The van der Waals surface area contributed by atoms with Crippen molar-refractivity contribution in [3.63, 3.8) is 0 Å². The molecule has 3 nitrogen and oxygen atoms in total. The summed E-state index contributed by atoms with van der Waals surface area (Å²) in [6, 6.07) is 8.13. The van der Waals surface area contributed by atoms with Crippen LogP contribution >= 0.6 is 0 Å². The topological polar surface area (TPSA) is 24.8 Å². The number of hydrogen-bond acceptors (Lipinski definition) is 3. The van der Waals surface area contributed by atoms with E-state index >= 15 is 0 Å². The minimum Gasteiger partial charge on any atom is -0.491 e. The zero-order valence-corrected chi connectivity index (χ0v) is 10.1. The van der Waals surface area contributed by atoms with Crippen molar-refractivity contribution in [2.75, 3.05) is 20.1 Å². The average Bonchev–Trinajstić information content (AvgIpc) is 2.64. The molecule has 0 radical (unpaired) electrons. The summed E-state index contributed by atoms with van der Waals surface area (Å²) >= 11 is 0. The first kappa shape index (κ1) is 11.0. The summed E-state index contributed by atoms with van der Waals surface area (Å²) < 4.78 is 5.68. The number of ether oxygens (including phenoxy) is 1. The van der Waals surface area contributed by atoms with Crippen LogP contribution in [0.2, 0.25) is 0 Å². The Morgan fingerprint density at radius 1 is 1.38 bits per heavy atom. The van der Waals surface area contributed by atoms with Crippen molar-refractivity contribution in [2.24, 2.45) is 4.99 Å². The van der Waals surface area contributed by atoms with Crippen molar-refractivity contribution in [3.8, 4) is 5.75 Å². The first-order valence-corrected chi connectivity index (χ1v) is 5.69.